The minimum absolute atomic E-state index is 0.0284. The summed E-state index contributed by atoms with van der Waals surface area (Å²) < 4.78 is 10.9. The molecule has 154 valence electrons. The Hall–Kier alpha value is -2.86. The highest BCUT2D eigenvalue weighted by atomic mass is 16.5. The normalized spacial score (nSPS) is 16.4. The molecule has 2 aromatic carbocycles. The molecule has 2 aromatic rings. The van der Waals surface area contributed by atoms with Gasteiger partial charge in [-0.1, -0.05) is 18.2 Å². The first-order valence-corrected chi connectivity index (χ1v) is 10.0. The molecule has 1 fully saturated rings. The van der Waals surface area contributed by atoms with Gasteiger partial charge in [0.05, 0.1) is 12.2 Å². The average Bonchev–Trinajstić information content (AvgIpc) is 2.76. The first-order valence-electron chi connectivity index (χ1n) is 10.0. The molecule has 1 saturated heterocycles. The third kappa shape index (κ3) is 5.57. The van der Waals surface area contributed by atoms with Crippen molar-refractivity contribution in [2.75, 3.05) is 32.9 Å². The van der Waals surface area contributed by atoms with E-state index in [1.165, 1.54) is 0 Å². The number of carboxylic acid groups (broad SMARTS) is 1. The van der Waals surface area contributed by atoms with E-state index in [1.54, 1.807) is 30.3 Å². The Morgan fingerprint density at radius 2 is 1.90 bits per heavy atom. The number of rotatable bonds is 8. The van der Waals surface area contributed by atoms with Crippen molar-refractivity contribution in [3.63, 3.8) is 0 Å². The van der Waals surface area contributed by atoms with Crippen molar-refractivity contribution < 1.29 is 24.2 Å². The number of aromatic carboxylic acids is 1. The van der Waals surface area contributed by atoms with E-state index >= 15 is 0 Å². The number of benzene rings is 2. The molecule has 0 saturated carbocycles. The second-order valence-electron chi connectivity index (χ2n) is 7.09. The molecule has 1 atom stereocenters. The summed E-state index contributed by atoms with van der Waals surface area (Å²) in [6.45, 7) is 4.81. The van der Waals surface area contributed by atoms with Crippen LogP contribution in [0.25, 0.3) is 0 Å². The number of likely N-dealkylation sites (tertiary alicyclic amines) is 1. The number of carbonyl (C=O) groups excluding carboxylic acids is 1. The van der Waals surface area contributed by atoms with E-state index in [4.69, 9.17) is 9.47 Å². The predicted octanol–water partition coefficient (Wildman–Crippen LogP) is 3.82. The van der Waals surface area contributed by atoms with Crippen LogP contribution in [-0.4, -0.2) is 54.8 Å². The van der Waals surface area contributed by atoms with Crippen LogP contribution in [0.4, 0.5) is 0 Å². The summed E-state index contributed by atoms with van der Waals surface area (Å²) in [5.74, 6) is -0.174. The molecule has 6 nitrogen and oxygen atoms in total. The van der Waals surface area contributed by atoms with Crippen LogP contribution in [-0.2, 0) is 4.74 Å². The van der Waals surface area contributed by atoms with E-state index in [1.807, 2.05) is 30.0 Å². The van der Waals surface area contributed by atoms with Crippen molar-refractivity contribution >= 4 is 11.9 Å². The standard InChI is InChI=1S/C23H27NO5/c1-2-28-12-13-29-21-10-4-7-18(15-21)22(25)24-11-5-9-20(16-24)17-6-3-8-19(14-17)23(26)27/h3-4,6-8,10,14-15,20H,2,5,9,11-13,16H2,1H3,(H,26,27). The predicted molar refractivity (Wildman–Crippen MR) is 110 cm³/mol. The molecule has 1 amide bonds. The largest absolute Gasteiger partial charge is 0.491 e. The molecule has 1 unspecified atom stereocenters. The smallest absolute Gasteiger partial charge is 0.335 e. The number of hydrogen-bond acceptors (Lipinski definition) is 4. The Balaban J connectivity index is 1.66. The van der Waals surface area contributed by atoms with E-state index in [2.05, 4.69) is 0 Å². The Morgan fingerprint density at radius 1 is 1.10 bits per heavy atom. The molecule has 1 heterocycles. The van der Waals surface area contributed by atoms with Crippen LogP contribution in [0.15, 0.2) is 48.5 Å². The van der Waals surface area contributed by atoms with Crippen LogP contribution in [0.2, 0.25) is 0 Å². The monoisotopic (exact) mass is 397 g/mol. The van der Waals surface area contributed by atoms with Gasteiger partial charge >= 0.3 is 5.97 Å². The second-order valence-corrected chi connectivity index (χ2v) is 7.09. The molecule has 3 rings (SSSR count). The maximum Gasteiger partial charge on any atom is 0.335 e. The van der Waals surface area contributed by atoms with Crippen molar-refractivity contribution in [3.05, 3.63) is 65.2 Å². The molecule has 1 N–H and O–H groups in total. The number of hydrogen-bond donors (Lipinski definition) is 1. The summed E-state index contributed by atoms with van der Waals surface area (Å²) in [5.41, 5.74) is 1.84. The molecule has 1 aliphatic rings. The summed E-state index contributed by atoms with van der Waals surface area (Å²) in [4.78, 5) is 26.1. The zero-order chi connectivity index (χ0) is 20.6. The third-order valence-electron chi connectivity index (χ3n) is 5.10. The zero-order valence-electron chi connectivity index (χ0n) is 16.7. The minimum atomic E-state index is -0.934. The van der Waals surface area contributed by atoms with Crippen molar-refractivity contribution in [3.8, 4) is 5.75 Å². The van der Waals surface area contributed by atoms with Crippen LogP contribution in [0.1, 0.15) is 52.0 Å². The Kier molecular flexibility index (Phi) is 7.25. The summed E-state index contributed by atoms with van der Waals surface area (Å²) in [7, 11) is 0. The van der Waals surface area contributed by atoms with Gasteiger partial charge in [0.1, 0.15) is 12.4 Å². The van der Waals surface area contributed by atoms with Crippen LogP contribution in [0.3, 0.4) is 0 Å². The van der Waals surface area contributed by atoms with E-state index in [0.29, 0.717) is 44.2 Å². The average molecular weight is 397 g/mol. The van der Waals surface area contributed by atoms with E-state index < -0.39 is 5.97 Å². The van der Waals surface area contributed by atoms with Gasteiger partial charge in [-0.15, -0.1) is 0 Å². The van der Waals surface area contributed by atoms with Gasteiger partial charge in [-0.3, -0.25) is 4.79 Å². The molecular weight excluding hydrogens is 370 g/mol. The number of carbonyl (C=O) groups is 2. The van der Waals surface area contributed by atoms with Crippen LogP contribution >= 0.6 is 0 Å². The molecule has 29 heavy (non-hydrogen) atoms. The van der Waals surface area contributed by atoms with Gasteiger partial charge in [-0.25, -0.2) is 4.79 Å². The maximum absolute atomic E-state index is 13.0. The molecular formula is C23H27NO5. The van der Waals surface area contributed by atoms with Crippen LogP contribution in [0.5, 0.6) is 5.75 Å². The lowest BCUT2D eigenvalue weighted by Gasteiger charge is -2.33. The Morgan fingerprint density at radius 3 is 2.69 bits per heavy atom. The van der Waals surface area contributed by atoms with Crippen LogP contribution < -0.4 is 4.74 Å². The first-order chi connectivity index (χ1) is 14.1. The number of piperidine rings is 1. The fourth-order valence-corrected chi connectivity index (χ4v) is 3.62. The Bertz CT molecular complexity index is 851. The van der Waals surface area contributed by atoms with Gasteiger partial charge in [0, 0.05) is 31.2 Å². The molecule has 1 aliphatic heterocycles. The van der Waals surface area contributed by atoms with Crippen molar-refractivity contribution in [2.24, 2.45) is 0 Å². The van der Waals surface area contributed by atoms with Crippen molar-refractivity contribution in [2.45, 2.75) is 25.7 Å². The van der Waals surface area contributed by atoms with E-state index in [0.717, 1.165) is 18.4 Å². The number of carboxylic acids is 1. The van der Waals surface area contributed by atoms with Crippen LogP contribution in [0, 0.1) is 0 Å². The van der Waals surface area contributed by atoms with Gasteiger partial charge in [-0.2, -0.15) is 0 Å². The van der Waals surface area contributed by atoms with E-state index in [-0.39, 0.29) is 17.4 Å². The fourth-order valence-electron chi connectivity index (χ4n) is 3.62. The van der Waals surface area contributed by atoms with Gasteiger partial charge in [0.25, 0.3) is 5.91 Å². The van der Waals surface area contributed by atoms with Gasteiger partial charge < -0.3 is 19.5 Å². The quantitative estimate of drug-likeness (QED) is 0.686. The minimum Gasteiger partial charge on any atom is -0.491 e. The zero-order valence-corrected chi connectivity index (χ0v) is 16.7. The molecule has 6 heteroatoms. The highest BCUT2D eigenvalue weighted by Gasteiger charge is 2.26. The summed E-state index contributed by atoms with van der Waals surface area (Å²) in [6.07, 6.45) is 1.83. The third-order valence-corrected chi connectivity index (χ3v) is 5.10. The number of ether oxygens (including phenoxy) is 2. The lowest BCUT2D eigenvalue weighted by atomic mass is 9.89. The highest BCUT2D eigenvalue weighted by Crippen LogP contribution is 2.28. The van der Waals surface area contributed by atoms with Crippen molar-refractivity contribution in [1.29, 1.82) is 0 Å². The topological polar surface area (TPSA) is 76.1 Å². The highest BCUT2D eigenvalue weighted by molar-refractivity contribution is 5.94. The molecule has 0 bridgehead atoms. The summed E-state index contributed by atoms with van der Waals surface area (Å²) >= 11 is 0. The SMILES string of the molecule is CCOCCOc1cccc(C(=O)N2CCCC(c3cccc(C(=O)O)c3)C2)c1. The van der Waals surface area contributed by atoms with Gasteiger partial charge in [0.2, 0.25) is 0 Å². The Labute approximate surface area is 171 Å². The molecule has 0 aliphatic carbocycles. The number of amides is 1. The first kappa shape index (κ1) is 20.9. The molecule has 0 spiro atoms. The van der Waals surface area contributed by atoms with Gasteiger partial charge in [0.15, 0.2) is 0 Å². The molecule has 0 radical (unpaired) electrons. The molecule has 0 aromatic heterocycles. The number of nitrogens with zero attached hydrogens (tertiary/aromatic N) is 1. The summed E-state index contributed by atoms with van der Waals surface area (Å²) in [5, 5.41) is 9.23. The maximum atomic E-state index is 13.0. The van der Waals surface area contributed by atoms with Gasteiger partial charge in [-0.05, 0) is 55.7 Å². The lowest BCUT2D eigenvalue weighted by molar-refractivity contribution is 0.0687. The van der Waals surface area contributed by atoms with E-state index in [9.17, 15) is 14.7 Å². The van der Waals surface area contributed by atoms with Crippen molar-refractivity contribution in [1.82, 2.24) is 4.90 Å². The fraction of sp³-hybridized carbons (Fsp3) is 0.391. The second kappa shape index (κ2) is 10.1. The lowest BCUT2D eigenvalue weighted by Crippen LogP contribution is -2.39. The summed E-state index contributed by atoms with van der Waals surface area (Å²) in [6, 6.07) is 14.2.